The Bertz CT molecular complexity index is 382. The molecule has 1 aromatic heterocycles. The van der Waals surface area contributed by atoms with Gasteiger partial charge in [-0.05, 0) is 57.8 Å². The first-order valence-electron chi connectivity index (χ1n) is 7.32. The number of nitrogens with one attached hydrogen (secondary N) is 1. The molecule has 2 atom stereocenters. The molecule has 0 radical (unpaired) electrons. The van der Waals surface area contributed by atoms with Crippen molar-refractivity contribution in [2.75, 3.05) is 26.7 Å². The number of nitrogens with zero attached hydrogens (tertiary/aromatic N) is 1. The highest BCUT2D eigenvalue weighted by atomic mass is 16.3. The van der Waals surface area contributed by atoms with E-state index in [-0.39, 0.29) is 0 Å². The highest BCUT2D eigenvalue weighted by Gasteiger charge is 2.27. The average Bonchev–Trinajstić information content (AvgIpc) is 2.87. The quantitative estimate of drug-likeness (QED) is 0.891. The molecule has 3 heteroatoms. The number of furan rings is 1. The maximum atomic E-state index is 5.59. The molecule has 1 saturated heterocycles. The van der Waals surface area contributed by atoms with Crippen LogP contribution < -0.4 is 5.32 Å². The van der Waals surface area contributed by atoms with E-state index in [1.807, 2.05) is 6.26 Å². The molecule has 0 aromatic carbocycles. The van der Waals surface area contributed by atoms with Gasteiger partial charge in [0.15, 0.2) is 0 Å². The number of piperidine rings is 1. The van der Waals surface area contributed by atoms with Crippen LogP contribution in [0.25, 0.3) is 0 Å². The normalized spacial score (nSPS) is 28.3. The van der Waals surface area contributed by atoms with Crippen molar-refractivity contribution in [1.29, 1.82) is 0 Å². The fourth-order valence-electron chi connectivity index (χ4n) is 3.53. The number of fused-ring (bicyclic) bond motifs is 1. The summed E-state index contributed by atoms with van der Waals surface area (Å²) < 4.78 is 5.59. The van der Waals surface area contributed by atoms with E-state index in [2.05, 4.69) is 23.3 Å². The monoisotopic (exact) mass is 248 g/mol. The lowest BCUT2D eigenvalue weighted by Crippen LogP contribution is -2.38. The Morgan fingerprint density at radius 1 is 1.39 bits per heavy atom. The highest BCUT2D eigenvalue weighted by Crippen LogP contribution is 2.34. The summed E-state index contributed by atoms with van der Waals surface area (Å²) in [5.74, 6) is 2.04. The van der Waals surface area contributed by atoms with E-state index in [0.29, 0.717) is 6.04 Å². The first kappa shape index (κ1) is 12.2. The topological polar surface area (TPSA) is 28.4 Å². The molecular formula is C15H24N2O. The molecule has 3 nitrogen and oxygen atoms in total. The standard InChI is InChI=1S/C15H24N2O/c1-17(11-12-4-3-8-16-10-12)14-5-2-6-15-13(14)7-9-18-15/h7,9,12,14,16H,2-6,8,10-11H2,1H3. The Morgan fingerprint density at radius 3 is 3.17 bits per heavy atom. The fourth-order valence-corrected chi connectivity index (χ4v) is 3.53. The molecular weight excluding hydrogens is 224 g/mol. The van der Waals surface area contributed by atoms with Crippen LogP contribution in [0.1, 0.15) is 43.0 Å². The number of hydrogen-bond acceptors (Lipinski definition) is 3. The number of hydrogen-bond donors (Lipinski definition) is 1. The largest absolute Gasteiger partial charge is 0.469 e. The minimum absolute atomic E-state index is 0.578. The third-order valence-electron chi connectivity index (χ3n) is 4.50. The molecule has 0 saturated carbocycles. The van der Waals surface area contributed by atoms with Crippen LogP contribution in [0.5, 0.6) is 0 Å². The van der Waals surface area contributed by atoms with Crippen molar-refractivity contribution in [2.24, 2.45) is 5.92 Å². The van der Waals surface area contributed by atoms with Crippen molar-refractivity contribution >= 4 is 0 Å². The van der Waals surface area contributed by atoms with Crippen molar-refractivity contribution in [3.05, 3.63) is 23.7 Å². The lowest BCUT2D eigenvalue weighted by atomic mass is 9.91. The molecule has 1 aliphatic carbocycles. The Kier molecular flexibility index (Phi) is 3.71. The van der Waals surface area contributed by atoms with Gasteiger partial charge in [-0.2, -0.15) is 0 Å². The predicted octanol–water partition coefficient (Wildman–Crippen LogP) is 2.59. The van der Waals surface area contributed by atoms with Gasteiger partial charge < -0.3 is 9.73 Å². The van der Waals surface area contributed by atoms with Crippen LogP contribution in [-0.2, 0) is 6.42 Å². The molecule has 0 bridgehead atoms. The molecule has 3 rings (SSSR count). The highest BCUT2D eigenvalue weighted by molar-refractivity contribution is 5.24. The summed E-state index contributed by atoms with van der Waals surface area (Å²) in [6.07, 6.45) is 8.24. The minimum Gasteiger partial charge on any atom is -0.469 e. The molecule has 2 heterocycles. The second-order valence-electron chi connectivity index (χ2n) is 5.86. The molecule has 2 aliphatic rings. The van der Waals surface area contributed by atoms with E-state index >= 15 is 0 Å². The summed E-state index contributed by atoms with van der Waals surface area (Å²) in [7, 11) is 2.28. The fraction of sp³-hybridized carbons (Fsp3) is 0.733. The first-order chi connectivity index (χ1) is 8.84. The molecule has 1 N–H and O–H groups in total. The van der Waals surface area contributed by atoms with Crippen molar-refractivity contribution < 1.29 is 4.42 Å². The van der Waals surface area contributed by atoms with E-state index in [4.69, 9.17) is 4.42 Å². The van der Waals surface area contributed by atoms with Crippen LogP contribution in [0.2, 0.25) is 0 Å². The van der Waals surface area contributed by atoms with Gasteiger partial charge in [-0.25, -0.2) is 0 Å². The molecule has 1 fully saturated rings. The van der Waals surface area contributed by atoms with E-state index in [1.54, 1.807) is 0 Å². The Balaban J connectivity index is 1.64. The van der Waals surface area contributed by atoms with Gasteiger partial charge >= 0.3 is 0 Å². The molecule has 2 unspecified atom stereocenters. The van der Waals surface area contributed by atoms with Gasteiger partial charge in [-0.15, -0.1) is 0 Å². The first-order valence-corrected chi connectivity index (χ1v) is 7.32. The van der Waals surface area contributed by atoms with Gasteiger partial charge in [0.1, 0.15) is 5.76 Å². The van der Waals surface area contributed by atoms with Gasteiger partial charge in [0.2, 0.25) is 0 Å². The predicted molar refractivity (Wildman–Crippen MR) is 72.6 cm³/mol. The molecule has 1 aromatic rings. The number of aryl methyl sites for hydroxylation is 1. The zero-order valence-corrected chi connectivity index (χ0v) is 11.3. The van der Waals surface area contributed by atoms with E-state index < -0.39 is 0 Å². The van der Waals surface area contributed by atoms with Crippen LogP contribution in [0.15, 0.2) is 16.7 Å². The van der Waals surface area contributed by atoms with Crippen molar-refractivity contribution in [2.45, 2.75) is 38.1 Å². The third kappa shape index (κ3) is 2.47. The smallest absolute Gasteiger partial charge is 0.108 e. The maximum Gasteiger partial charge on any atom is 0.108 e. The lowest BCUT2D eigenvalue weighted by Gasteiger charge is -2.34. The molecule has 18 heavy (non-hydrogen) atoms. The summed E-state index contributed by atoms with van der Waals surface area (Å²) >= 11 is 0. The average molecular weight is 248 g/mol. The maximum absolute atomic E-state index is 5.59. The second-order valence-corrected chi connectivity index (χ2v) is 5.86. The Morgan fingerprint density at radius 2 is 2.33 bits per heavy atom. The van der Waals surface area contributed by atoms with Crippen LogP contribution in [0.4, 0.5) is 0 Å². The van der Waals surface area contributed by atoms with Crippen molar-refractivity contribution in [3.63, 3.8) is 0 Å². The van der Waals surface area contributed by atoms with Gasteiger partial charge in [0.05, 0.1) is 6.26 Å². The Labute approximate surface area is 110 Å². The summed E-state index contributed by atoms with van der Waals surface area (Å²) in [6.45, 7) is 3.60. The molecule has 0 amide bonds. The summed E-state index contributed by atoms with van der Waals surface area (Å²) in [6, 6.07) is 2.75. The Hall–Kier alpha value is -0.800. The van der Waals surface area contributed by atoms with Crippen LogP contribution in [0.3, 0.4) is 0 Å². The van der Waals surface area contributed by atoms with Gasteiger partial charge in [-0.1, -0.05) is 0 Å². The molecule has 1 aliphatic heterocycles. The zero-order valence-electron chi connectivity index (χ0n) is 11.3. The molecule has 100 valence electrons. The summed E-state index contributed by atoms with van der Waals surface area (Å²) in [4.78, 5) is 2.55. The van der Waals surface area contributed by atoms with Crippen LogP contribution in [0, 0.1) is 5.92 Å². The summed E-state index contributed by atoms with van der Waals surface area (Å²) in [5, 5.41) is 3.51. The van der Waals surface area contributed by atoms with E-state index in [0.717, 1.165) is 12.3 Å². The van der Waals surface area contributed by atoms with Crippen molar-refractivity contribution in [3.8, 4) is 0 Å². The molecule has 0 spiro atoms. The van der Waals surface area contributed by atoms with Crippen LogP contribution >= 0.6 is 0 Å². The van der Waals surface area contributed by atoms with Crippen LogP contribution in [-0.4, -0.2) is 31.6 Å². The third-order valence-corrected chi connectivity index (χ3v) is 4.50. The van der Waals surface area contributed by atoms with Gasteiger partial charge in [-0.3, -0.25) is 4.90 Å². The zero-order chi connectivity index (χ0) is 12.4. The van der Waals surface area contributed by atoms with E-state index in [9.17, 15) is 0 Å². The van der Waals surface area contributed by atoms with Gasteiger partial charge in [0.25, 0.3) is 0 Å². The van der Waals surface area contributed by atoms with Crippen molar-refractivity contribution in [1.82, 2.24) is 10.2 Å². The lowest BCUT2D eigenvalue weighted by molar-refractivity contribution is 0.171. The van der Waals surface area contributed by atoms with Gasteiger partial charge in [0, 0.05) is 24.6 Å². The van der Waals surface area contributed by atoms with E-state index in [1.165, 1.54) is 56.6 Å². The number of rotatable bonds is 3. The summed E-state index contributed by atoms with van der Waals surface area (Å²) in [5.41, 5.74) is 1.44. The SMILES string of the molecule is CN(CC1CCCNC1)C1CCCc2occc21. The minimum atomic E-state index is 0.578. The second kappa shape index (κ2) is 5.45.